The smallest absolute Gasteiger partial charge is 0 e. The van der Waals surface area contributed by atoms with Crippen molar-refractivity contribution in [2.45, 2.75) is 6.42 Å². The summed E-state index contributed by atoms with van der Waals surface area (Å²) in [6.07, 6.45) is 1.26. The van der Waals surface area contributed by atoms with Crippen LogP contribution in [0.2, 0.25) is 0 Å². The Morgan fingerprint density at radius 3 is 1.27 bits per heavy atom. The molecule has 0 aliphatic carbocycles. The van der Waals surface area contributed by atoms with Gasteiger partial charge < -0.3 is 9.80 Å². The second-order valence-electron chi connectivity index (χ2n) is 2.96. The Balaban J connectivity index is -0.000000320. The van der Waals surface area contributed by atoms with Crippen LogP contribution < -0.4 is 0 Å². The summed E-state index contributed by atoms with van der Waals surface area (Å²) < 4.78 is 0. The summed E-state index contributed by atoms with van der Waals surface area (Å²) in [6, 6.07) is 0. The quantitative estimate of drug-likeness (QED) is 0.702. The van der Waals surface area contributed by atoms with Gasteiger partial charge >= 0.3 is 0 Å². The van der Waals surface area contributed by atoms with Crippen molar-refractivity contribution in [1.29, 1.82) is 0 Å². The van der Waals surface area contributed by atoms with Gasteiger partial charge in [-0.2, -0.15) is 0 Å². The zero-order valence-electron chi connectivity index (χ0n) is 7.76. The van der Waals surface area contributed by atoms with E-state index in [1.54, 1.807) is 0 Å². The molecule has 0 rings (SSSR count). The van der Waals surface area contributed by atoms with Crippen molar-refractivity contribution in [3.63, 3.8) is 0 Å². The van der Waals surface area contributed by atoms with Crippen LogP contribution in [0.25, 0.3) is 0 Å². The SMILES string of the molecule is CN(C)CCCN(C)C.Cl.[Co]. The van der Waals surface area contributed by atoms with Gasteiger partial charge in [0.15, 0.2) is 0 Å². The number of hydrogen-bond acceptors (Lipinski definition) is 2. The van der Waals surface area contributed by atoms with Gasteiger partial charge in [0, 0.05) is 16.8 Å². The van der Waals surface area contributed by atoms with E-state index >= 15 is 0 Å². The van der Waals surface area contributed by atoms with E-state index < -0.39 is 0 Å². The third-order valence-corrected chi connectivity index (χ3v) is 1.21. The summed E-state index contributed by atoms with van der Waals surface area (Å²) in [5.74, 6) is 0. The zero-order valence-corrected chi connectivity index (χ0v) is 9.61. The van der Waals surface area contributed by atoms with Crippen LogP contribution in [0.4, 0.5) is 0 Å². The van der Waals surface area contributed by atoms with Crippen molar-refractivity contribution >= 4 is 12.4 Å². The molecule has 0 aromatic heterocycles. The fourth-order valence-electron chi connectivity index (χ4n) is 0.703. The van der Waals surface area contributed by atoms with Gasteiger partial charge in [0.25, 0.3) is 0 Å². The molecule has 0 fully saturated rings. The fraction of sp³-hybridized carbons (Fsp3) is 1.00. The standard InChI is InChI=1S/C7H18N2.ClH.Co/c1-8(2)6-5-7-9(3)4;;/h5-7H2,1-4H3;1H;. The van der Waals surface area contributed by atoms with Gasteiger partial charge in [-0.25, -0.2) is 0 Å². The summed E-state index contributed by atoms with van der Waals surface area (Å²) in [5, 5.41) is 0. The third kappa shape index (κ3) is 18.0. The second-order valence-corrected chi connectivity index (χ2v) is 2.96. The van der Waals surface area contributed by atoms with E-state index in [0.29, 0.717) is 0 Å². The maximum Gasteiger partial charge on any atom is 0 e. The molecule has 0 atom stereocenters. The Labute approximate surface area is 86.9 Å². The molecule has 0 N–H and O–H groups in total. The molecule has 0 aliphatic rings. The van der Waals surface area contributed by atoms with Gasteiger partial charge in [-0.05, 0) is 47.7 Å². The predicted octanol–water partition coefficient (Wildman–Crippen LogP) is 0.919. The first kappa shape index (κ1) is 17.7. The van der Waals surface area contributed by atoms with Gasteiger partial charge in [-0.1, -0.05) is 0 Å². The van der Waals surface area contributed by atoms with Crippen molar-refractivity contribution in [3.05, 3.63) is 0 Å². The van der Waals surface area contributed by atoms with Gasteiger partial charge in [0.1, 0.15) is 0 Å². The summed E-state index contributed by atoms with van der Waals surface area (Å²) in [4.78, 5) is 4.42. The third-order valence-electron chi connectivity index (χ3n) is 1.21. The Hall–Kier alpha value is 0.716. The molecule has 73 valence electrons. The normalized spacial score (nSPS) is 9.27. The molecule has 0 spiro atoms. The molecule has 0 heterocycles. The molecular weight excluding hydrogens is 206 g/mol. The minimum atomic E-state index is 0. The van der Waals surface area contributed by atoms with Gasteiger partial charge in [-0.15, -0.1) is 12.4 Å². The Bertz CT molecular complexity index is 61.5. The molecule has 0 unspecified atom stereocenters. The molecule has 2 nitrogen and oxygen atoms in total. The van der Waals surface area contributed by atoms with Crippen molar-refractivity contribution in [2.75, 3.05) is 41.3 Å². The molecule has 0 aliphatic heterocycles. The van der Waals surface area contributed by atoms with Gasteiger partial charge in [-0.3, -0.25) is 0 Å². The van der Waals surface area contributed by atoms with E-state index in [1.165, 1.54) is 19.5 Å². The van der Waals surface area contributed by atoms with Crippen LogP contribution in [-0.2, 0) is 16.8 Å². The van der Waals surface area contributed by atoms with Crippen molar-refractivity contribution in [1.82, 2.24) is 9.80 Å². The summed E-state index contributed by atoms with van der Waals surface area (Å²) in [5.41, 5.74) is 0. The molecule has 11 heavy (non-hydrogen) atoms. The molecule has 0 aromatic rings. The fourth-order valence-corrected chi connectivity index (χ4v) is 0.703. The van der Waals surface area contributed by atoms with Gasteiger partial charge in [0.2, 0.25) is 0 Å². The van der Waals surface area contributed by atoms with Crippen LogP contribution in [0.3, 0.4) is 0 Å². The Morgan fingerprint density at radius 1 is 0.818 bits per heavy atom. The molecule has 0 saturated carbocycles. The first-order chi connectivity index (χ1) is 4.13. The van der Waals surface area contributed by atoms with E-state index in [-0.39, 0.29) is 29.2 Å². The summed E-state index contributed by atoms with van der Waals surface area (Å²) in [7, 11) is 8.43. The van der Waals surface area contributed by atoms with Crippen LogP contribution in [-0.4, -0.2) is 51.1 Å². The average Bonchev–Trinajstić information content (AvgIpc) is 1.63. The van der Waals surface area contributed by atoms with Crippen molar-refractivity contribution in [3.8, 4) is 0 Å². The average molecular weight is 226 g/mol. The number of rotatable bonds is 4. The molecule has 0 saturated heterocycles. The topological polar surface area (TPSA) is 6.48 Å². The van der Waals surface area contributed by atoms with Crippen molar-refractivity contribution in [2.24, 2.45) is 0 Å². The largest absolute Gasteiger partial charge is 0.309 e. The summed E-state index contributed by atoms with van der Waals surface area (Å²) >= 11 is 0. The van der Waals surface area contributed by atoms with Crippen molar-refractivity contribution < 1.29 is 16.8 Å². The molecule has 0 amide bonds. The first-order valence-corrected chi connectivity index (χ1v) is 3.42. The van der Waals surface area contributed by atoms with E-state index in [9.17, 15) is 0 Å². The number of nitrogens with zero attached hydrogens (tertiary/aromatic N) is 2. The Morgan fingerprint density at radius 2 is 1.09 bits per heavy atom. The summed E-state index contributed by atoms with van der Waals surface area (Å²) in [6.45, 7) is 2.39. The first-order valence-electron chi connectivity index (χ1n) is 3.42. The molecule has 4 heteroatoms. The molecule has 0 bridgehead atoms. The second kappa shape index (κ2) is 10.7. The van der Waals surface area contributed by atoms with E-state index in [0.717, 1.165) is 0 Å². The Kier molecular flexibility index (Phi) is 17.3. The minimum absolute atomic E-state index is 0. The minimum Gasteiger partial charge on any atom is -0.309 e. The van der Waals surface area contributed by atoms with E-state index in [2.05, 4.69) is 38.0 Å². The molecular formula is C7H19ClCoN2. The van der Waals surface area contributed by atoms with Crippen LogP contribution in [0.5, 0.6) is 0 Å². The van der Waals surface area contributed by atoms with Crippen LogP contribution in [0.1, 0.15) is 6.42 Å². The van der Waals surface area contributed by atoms with Crippen LogP contribution in [0.15, 0.2) is 0 Å². The van der Waals surface area contributed by atoms with Crippen LogP contribution in [0, 0.1) is 0 Å². The van der Waals surface area contributed by atoms with Crippen LogP contribution >= 0.6 is 12.4 Å². The zero-order chi connectivity index (χ0) is 7.28. The maximum absolute atomic E-state index is 2.21. The number of halogens is 1. The van der Waals surface area contributed by atoms with E-state index in [4.69, 9.17) is 0 Å². The predicted molar refractivity (Wildman–Crippen MR) is 49.0 cm³/mol. The maximum atomic E-state index is 2.21. The molecule has 0 aromatic carbocycles. The molecule has 1 radical (unpaired) electrons. The number of hydrogen-bond donors (Lipinski definition) is 0. The monoisotopic (exact) mass is 225 g/mol. The van der Waals surface area contributed by atoms with E-state index in [1.807, 2.05) is 0 Å². The van der Waals surface area contributed by atoms with Gasteiger partial charge in [0.05, 0.1) is 0 Å².